The van der Waals surface area contributed by atoms with Crippen LogP contribution in [0.2, 0.25) is 0 Å². The van der Waals surface area contributed by atoms with E-state index in [0.717, 1.165) is 31.5 Å². The van der Waals surface area contributed by atoms with Crippen molar-refractivity contribution < 1.29 is 14.7 Å². The molecule has 3 rings (SSSR count). The molecular weight excluding hydrogens is 450 g/mol. The number of aromatic nitrogens is 1. The Morgan fingerprint density at radius 3 is 2.50 bits per heavy atom. The molecule has 0 aromatic carbocycles. The van der Waals surface area contributed by atoms with Crippen molar-refractivity contribution in [3.63, 3.8) is 0 Å². The van der Waals surface area contributed by atoms with E-state index in [1.54, 1.807) is 16.2 Å². The molecule has 0 saturated heterocycles. The van der Waals surface area contributed by atoms with Crippen LogP contribution in [0.25, 0.3) is 0 Å². The molecule has 0 radical (unpaired) electrons. The van der Waals surface area contributed by atoms with Crippen LogP contribution in [0.5, 0.6) is 0 Å². The van der Waals surface area contributed by atoms with Crippen LogP contribution in [0, 0.1) is 23.2 Å². The van der Waals surface area contributed by atoms with Gasteiger partial charge in [0, 0.05) is 36.9 Å². The molecule has 2 aliphatic rings. The smallest absolute Gasteiger partial charge is 0.240 e. The van der Waals surface area contributed by atoms with Gasteiger partial charge in [0.15, 0.2) is 5.13 Å². The van der Waals surface area contributed by atoms with Gasteiger partial charge in [-0.3, -0.25) is 9.59 Å². The first kappa shape index (κ1) is 27.0. The second-order valence-corrected chi connectivity index (χ2v) is 12.4. The van der Waals surface area contributed by atoms with E-state index in [1.807, 2.05) is 47.1 Å². The van der Waals surface area contributed by atoms with Crippen LogP contribution in [0.4, 0.5) is 5.13 Å². The average Bonchev–Trinajstić information content (AvgIpc) is 3.12. The van der Waals surface area contributed by atoms with Crippen LogP contribution < -0.4 is 5.32 Å². The highest BCUT2D eigenvalue weighted by molar-refractivity contribution is 7.15. The monoisotopic (exact) mass is 493 g/mol. The molecule has 0 aliphatic heterocycles. The SMILES string of the molecule is CC(C(=O)N(C)CCN(C)C)C1CCC2(C)Cc3sc(NC(=O)CN(C)C)nc3C(C)C2C1O. The van der Waals surface area contributed by atoms with Crippen LogP contribution in [0.1, 0.15) is 50.1 Å². The Balaban J connectivity index is 1.76. The van der Waals surface area contributed by atoms with Gasteiger partial charge in [0.25, 0.3) is 0 Å². The zero-order chi connectivity index (χ0) is 25.4. The van der Waals surface area contributed by atoms with Crippen molar-refractivity contribution in [3.8, 4) is 0 Å². The van der Waals surface area contributed by atoms with Crippen LogP contribution in [0.15, 0.2) is 0 Å². The Hall–Kier alpha value is -1.55. The van der Waals surface area contributed by atoms with E-state index < -0.39 is 6.10 Å². The van der Waals surface area contributed by atoms with Gasteiger partial charge in [-0.15, -0.1) is 11.3 Å². The molecule has 34 heavy (non-hydrogen) atoms. The largest absolute Gasteiger partial charge is 0.392 e. The van der Waals surface area contributed by atoms with Crippen molar-refractivity contribution in [2.24, 2.45) is 23.2 Å². The standard InChI is InChI=1S/C25H43N5O3S/c1-15(23(33)30(8)12-11-28(4)5)17-9-10-25(3)13-18-21(16(2)20(25)22(17)32)27-24(34-18)26-19(31)14-29(6)7/h15-17,20,22,32H,9-14H2,1-8H3,(H,26,27,31). The van der Waals surface area contributed by atoms with Gasteiger partial charge in [-0.25, -0.2) is 4.98 Å². The lowest BCUT2D eigenvalue weighted by Crippen LogP contribution is -2.53. The van der Waals surface area contributed by atoms with Gasteiger partial charge in [-0.1, -0.05) is 20.8 Å². The fourth-order valence-corrected chi connectivity index (χ4v) is 7.32. The van der Waals surface area contributed by atoms with Crippen LogP contribution in [-0.2, 0) is 16.0 Å². The van der Waals surface area contributed by atoms with Crippen molar-refractivity contribution in [1.82, 2.24) is 19.7 Å². The molecule has 2 N–H and O–H groups in total. The molecule has 0 bridgehead atoms. The summed E-state index contributed by atoms with van der Waals surface area (Å²) in [6.07, 6.45) is 2.11. The summed E-state index contributed by atoms with van der Waals surface area (Å²) in [5, 5.41) is 15.2. The molecule has 1 heterocycles. The van der Waals surface area contributed by atoms with Gasteiger partial charge >= 0.3 is 0 Å². The second-order valence-electron chi connectivity index (χ2n) is 11.3. The van der Waals surface area contributed by atoms with Crippen molar-refractivity contribution in [1.29, 1.82) is 0 Å². The first-order chi connectivity index (χ1) is 15.8. The van der Waals surface area contributed by atoms with Gasteiger partial charge in [0.2, 0.25) is 11.8 Å². The molecule has 0 spiro atoms. The molecule has 1 aromatic heterocycles. The van der Waals surface area contributed by atoms with Crippen molar-refractivity contribution >= 4 is 28.3 Å². The highest BCUT2D eigenvalue weighted by atomic mass is 32.1. The van der Waals surface area contributed by atoms with E-state index in [-0.39, 0.29) is 40.9 Å². The molecule has 2 aliphatic carbocycles. The van der Waals surface area contributed by atoms with E-state index in [9.17, 15) is 14.7 Å². The number of rotatable bonds is 8. The number of aliphatic hydroxyl groups is 1. The first-order valence-corrected chi connectivity index (χ1v) is 13.2. The third kappa shape index (κ3) is 5.64. The van der Waals surface area contributed by atoms with Gasteiger partial charge < -0.3 is 25.1 Å². The topological polar surface area (TPSA) is 89.0 Å². The zero-order valence-electron chi connectivity index (χ0n) is 22.1. The highest BCUT2D eigenvalue weighted by Crippen LogP contribution is 2.57. The summed E-state index contributed by atoms with van der Waals surface area (Å²) in [6, 6.07) is 0. The van der Waals surface area contributed by atoms with Gasteiger partial charge in [0.05, 0.1) is 18.3 Å². The number of aliphatic hydroxyl groups excluding tert-OH is 1. The van der Waals surface area contributed by atoms with E-state index >= 15 is 0 Å². The quantitative estimate of drug-likeness (QED) is 0.578. The Labute approximate surface area is 208 Å². The van der Waals surface area contributed by atoms with E-state index in [0.29, 0.717) is 18.2 Å². The predicted molar refractivity (Wildman–Crippen MR) is 137 cm³/mol. The van der Waals surface area contributed by atoms with Gasteiger partial charge in [-0.2, -0.15) is 0 Å². The second kappa shape index (κ2) is 10.6. The number of anilines is 1. The van der Waals surface area contributed by atoms with Crippen molar-refractivity contribution in [2.45, 2.75) is 52.1 Å². The van der Waals surface area contributed by atoms with Crippen LogP contribution in [-0.4, -0.2) is 97.6 Å². The molecule has 8 nitrogen and oxygen atoms in total. The number of carbonyl (C=O) groups is 2. The molecule has 6 atom stereocenters. The minimum Gasteiger partial charge on any atom is -0.392 e. The van der Waals surface area contributed by atoms with E-state index in [2.05, 4.69) is 24.1 Å². The number of hydrogen-bond donors (Lipinski definition) is 2. The molecule has 1 fully saturated rings. The number of hydrogen-bond acceptors (Lipinski definition) is 7. The molecule has 1 saturated carbocycles. The predicted octanol–water partition coefficient (Wildman–Crippen LogP) is 2.35. The molecule has 9 heteroatoms. The lowest BCUT2D eigenvalue weighted by atomic mass is 9.53. The van der Waals surface area contributed by atoms with Gasteiger partial charge in [0.1, 0.15) is 0 Å². The third-order valence-corrected chi connectivity index (χ3v) is 8.91. The minimum absolute atomic E-state index is 0.0357. The van der Waals surface area contributed by atoms with Crippen molar-refractivity contribution in [3.05, 3.63) is 10.6 Å². The summed E-state index contributed by atoms with van der Waals surface area (Å²) in [5.41, 5.74) is 0.953. The number of nitrogens with zero attached hydrogens (tertiary/aromatic N) is 4. The van der Waals surface area contributed by atoms with Crippen molar-refractivity contribution in [2.75, 3.05) is 60.2 Å². The van der Waals surface area contributed by atoms with E-state index in [4.69, 9.17) is 4.98 Å². The molecule has 6 unspecified atom stereocenters. The van der Waals surface area contributed by atoms with Crippen LogP contribution >= 0.6 is 11.3 Å². The number of nitrogens with one attached hydrogen (secondary N) is 1. The normalized spacial score (nSPS) is 29.5. The lowest BCUT2D eigenvalue weighted by Gasteiger charge is -2.53. The summed E-state index contributed by atoms with van der Waals surface area (Å²) >= 11 is 1.57. The Morgan fingerprint density at radius 1 is 1.21 bits per heavy atom. The first-order valence-electron chi connectivity index (χ1n) is 12.4. The Kier molecular flexibility index (Phi) is 8.43. The third-order valence-electron chi connectivity index (χ3n) is 7.92. The van der Waals surface area contributed by atoms with Crippen LogP contribution in [0.3, 0.4) is 0 Å². The number of amides is 2. The fourth-order valence-electron chi connectivity index (χ4n) is 6.04. The lowest BCUT2D eigenvalue weighted by molar-refractivity contribution is -0.143. The number of carbonyl (C=O) groups excluding carboxylic acids is 2. The summed E-state index contributed by atoms with van der Waals surface area (Å²) < 4.78 is 0. The maximum Gasteiger partial charge on any atom is 0.240 e. The summed E-state index contributed by atoms with van der Waals surface area (Å²) in [7, 11) is 9.60. The maximum absolute atomic E-state index is 13.1. The van der Waals surface area contributed by atoms with Gasteiger partial charge in [-0.05, 0) is 64.7 Å². The van der Waals surface area contributed by atoms with E-state index in [1.165, 1.54) is 4.88 Å². The summed E-state index contributed by atoms with van der Waals surface area (Å²) in [4.78, 5) is 37.1. The minimum atomic E-state index is -0.559. The Morgan fingerprint density at radius 2 is 1.88 bits per heavy atom. The summed E-state index contributed by atoms with van der Waals surface area (Å²) in [5.74, 6) is -0.146. The number of thiazole rings is 1. The molecule has 1 aromatic rings. The number of likely N-dealkylation sites (N-methyl/N-ethyl adjacent to an activating group) is 3. The highest BCUT2D eigenvalue weighted by Gasteiger charge is 2.54. The molecular formula is C25H43N5O3S. The zero-order valence-corrected chi connectivity index (χ0v) is 22.9. The molecule has 192 valence electrons. The summed E-state index contributed by atoms with van der Waals surface area (Å²) in [6.45, 7) is 8.21. The maximum atomic E-state index is 13.1. The average molecular weight is 494 g/mol. The fraction of sp³-hybridized carbons (Fsp3) is 0.800. The Bertz CT molecular complexity index is 888. The molecule has 2 amide bonds. The number of fused-ring (bicyclic) bond motifs is 2.